The molecule has 20 heavy (non-hydrogen) atoms. The molecule has 2 nitrogen and oxygen atoms in total. The molecule has 0 fully saturated rings. The Balaban J connectivity index is 2.35. The van der Waals surface area contributed by atoms with Crippen LogP contribution in [0.15, 0.2) is 42.5 Å². The highest BCUT2D eigenvalue weighted by molar-refractivity contribution is 5.39. The van der Waals surface area contributed by atoms with Crippen LogP contribution in [0.25, 0.3) is 0 Å². The standard InChI is InChI=1S/C17H19FO2/c1-12-7-8-16(20-3)13(9-12)11-17(2,19)14-5-4-6-15(18)10-14/h4-10,19H,11H2,1-3H3. The van der Waals surface area contributed by atoms with Crippen molar-refractivity contribution >= 4 is 0 Å². The van der Waals surface area contributed by atoms with E-state index in [-0.39, 0.29) is 5.82 Å². The maximum Gasteiger partial charge on any atom is 0.123 e. The number of rotatable bonds is 4. The van der Waals surface area contributed by atoms with Crippen molar-refractivity contribution in [2.75, 3.05) is 7.11 Å². The first kappa shape index (κ1) is 14.5. The van der Waals surface area contributed by atoms with E-state index in [0.717, 1.165) is 16.9 Å². The normalized spacial score (nSPS) is 13.8. The third-order valence-electron chi connectivity index (χ3n) is 3.42. The second-order valence-electron chi connectivity index (χ2n) is 5.28. The minimum atomic E-state index is -1.15. The highest BCUT2D eigenvalue weighted by Gasteiger charge is 2.25. The lowest BCUT2D eigenvalue weighted by Crippen LogP contribution is -2.24. The third kappa shape index (κ3) is 3.17. The summed E-state index contributed by atoms with van der Waals surface area (Å²) in [6.07, 6.45) is 0.362. The topological polar surface area (TPSA) is 29.5 Å². The smallest absolute Gasteiger partial charge is 0.123 e. The molecule has 0 spiro atoms. The lowest BCUT2D eigenvalue weighted by Gasteiger charge is -2.25. The van der Waals surface area contributed by atoms with Crippen LogP contribution in [0.1, 0.15) is 23.6 Å². The summed E-state index contributed by atoms with van der Waals surface area (Å²) in [6.45, 7) is 3.67. The lowest BCUT2D eigenvalue weighted by molar-refractivity contribution is 0.0566. The summed E-state index contributed by atoms with van der Waals surface area (Å²) in [5.74, 6) is 0.381. The van der Waals surface area contributed by atoms with Gasteiger partial charge in [0, 0.05) is 6.42 Å². The van der Waals surface area contributed by atoms with Crippen LogP contribution in [-0.2, 0) is 12.0 Å². The summed E-state index contributed by atoms with van der Waals surface area (Å²) < 4.78 is 18.6. The zero-order chi connectivity index (χ0) is 14.8. The summed E-state index contributed by atoms with van der Waals surface area (Å²) in [7, 11) is 1.60. The minimum absolute atomic E-state index is 0.348. The first-order valence-electron chi connectivity index (χ1n) is 6.54. The van der Waals surface area contributed by atoms with E-state index in [2.05, 4.69) is 0 Å². The predicted molar refractivity (Wildman–Crippen MR) is 77.4 cm³/mol. The lowest BCUT2D eigenvalue weighted by atomic mass is 9.88. The second-order valence-corrected chi connectivity index (χ2v) is 5.28. The summed E-state index contributed by atoms with van der Waals surface area (Å²) in [6, 6.07) is 11.9. The van der Waals surface area contributed by atoms with Gasteiger partial charge in [0.15, 0.2) is 0 Å². The van der Waals surface area contributed by atoms with Crippen LogP contribution in [0.2, 0.25) is 0 Å². The number of ether oxygens (including phenoxy) is 1. The van der Waals surface area contributed by atoms with Gasteiger partial charge in [0.25, 0.3) is 0 Å². The van der Waals surface area contributed by atoms with Gasteiger partial charge >= 0.3 is 0 Å². The van der Waals surface area contributed by atoms with Gasteiger partial charge in [0.05, 0.1) is 12.7 Å². The van der Waals surface area contributed by atoms with Gasteiger partial charge in [-0.05, 0) is 43.2 Å². The fourth-order valence-electron chi connectivity index (χ4n) is 2.34. The third-order valence-corrected chi connectivity index (χ3v) is 3.42. The van der Waals surface area contributed by atoms with E-state index >= 15 is 0 Å². The molecule has 2 aromatic carbocycles. The number of aryl methyl sites for hydroxylation is 1. The van der Waals surface area contributed by atoms with Crippen LogP contribution in [0.3, 0.4) is 0 Å². The molecule has 3 heteroatoms. The predicted octanol–water partition coefficient (Wildman–Crippen LogP) is 3.59. The van der Waals surface area contributed by atoms with E-state index < -0.39 is 5.60 Å². The van der Waals surface area contributed by atoms with Crippen molar-refractivity contribution in [2.45, 2.75) is 25.9 Å². The van der Waals surface area contributed by atoms with Crippen LogP contribution in [0.5, 0.6) is 5.75 Å². The van der Waals surface area contributed by atoms with Crippen LogP contribution in [0, 0.1) is 12.7 Å². The van der Waals surface area contributed by atoms with Crippen LogP contribution < -0.4 is 4.74 Å². The van der Waals surface area contributed by atoms with Crippen molar-refractivity contribution in [3.63, 3.8) is 0 Å². The second kappa shape index (κ2) is 5.63. The fourth-order valence-corrected chi connectivity index (χ4v) is 2.34. The Morgan fingerprint density at radius 1 is 1.20 bits per heavy atom. The SMILES string of the molecule is COc1ccc(C)cc1CC(C)(O)c1cccc(F)c1. The molecule has 0 heterocycles. The van der Waals surface area contributed by atoms with Crippen LogP contribution in [0.4, 0.5) is 4.39 Å². The summed E-state index contributed by atoms with van der Waals surface area (Å²) in [5, 5.41) is 10.7. The van der Waals surface area contributed by atoms with Crippen molar-refractivity contribution in [3.05, 3.63) is 65.0 Å². The number of hydrogen-bond donors (Lipinski definition) is 1. The van der Waals surface area contributed by atoms with Crippen LogP contribution >= 0.6 is 0 Å². The summed E-state index contributed by atoms with van der Waals surface area (Å²) in [5.41, 5.74) is 1.40. The quantitative estimate of drug-likeness (QED) is 0.923. The van der Waals surface area contributed by atoms with E-state index in [4.69, 9.17) is 4.74 Å². The van der Waals surface area contributed by atoms with Gasteiger partial charge in [-0.25, -0.2) is 4.39 Å². The van der Waals surface area contributed by atoms with Gasteiger partial charge in [-0.3, -0.25) is 0 Å². The van der Waals surface area contributed by atoms with Crippen molar-refractivity contribution < 1.29 is 14.2 Å². The minimum Gasteiger partial charge on any atom is -0.496 e. The Morgan fingerprint density at radius 3 is 2.60 bits per heavy atom. The molecule has 0 aliphatic rings. The van der Waals surface area contributed by atoms with E-state index in [0.29, 0.717) is 12.0 Å². The Kier molecular flexibility index (Phi) is 4.09. The molecular formula is C17H19FO2. The zero-order valence-electron chi connectivity index (χ0n) is 12.0. The van der Waals surface area contributed by atoms with Gasteiger partial charge in [0.1, 0.15) is 11.6 Å². The molecule has 0 saturated heterocycles. The highest BCUT2D eigenvalue weighted by Crippen LogP contribution is 2.30. The van der Waals surface area contributed by atoms with E-state index in [9.17, 15) is 9.50 Å². The van der Waals surface area contributed by atoms with E-state index in [1.54, 1.807) is 26.2 Å². The number of aliphatic hydroxyl groups is 1. The molecule has 0 amide bonds. The largest absolute Gasteiger partial charge is 0.496 e. The molecule has 1 unspecified atom stereocenters. The Morgan fingerprint density at radius 2 is 1.95 bits per heavy atom. The average molecular weight is 274 g/mol. The maximum absolute atomic E-state index is 13.3. The molecule has 2 aromatic rings. The van der Waals surface area contributed by atoms with Gasteiger partial charge in [0.2, 0.25) is 0 Å². The van der Waals surface area contributed by atoms with Crippen molar-refractivity contribution in [1.29, 1.82) is 0 Å². The highest BCUT2D eigenvalue weighted by atomic mass is 19.1. The summed E-state index contributed by atoms with van der Waals surface area (Å²) >= 11 is 0. The fraction of sp³-hybridized carbons (Fsp3) is 0.294. The molecule has 0 bridgehead atoms. The molecule has 0 radical (unpaired) electrons. The molecule has 0 aromatic heterocycles. The van der Waals surface area contributed by atoms with E-state index in [1.165, 1.54) is 12.1 Å². The zero-order valence-corrected chi connectivity index (χ0v) is 12.0. The molecule has 1 N–H and O–H groups in total. The average Bonchev–Trinajstić information content (AvgIpc) is 2.38. The summed E-state index contributed by atoms with van der Waals surface area (Å²) in [4.78, 5) is 0. The van der Waals surface area contributed by atoms with Crippen molar-refractivity contribution in [3.8, 4) is 5.75 Å². The number of halogens is 1. The van der Waals surface area contributed by atoms with Gasteiger partial charge in [-0.15, -0.1) is 0 Å². The van der Waals surface area contributed by atoms with Gasteiger partial charge < -0.3 is 9.84 Å². The van der Waals surface area contributed by atoms with Crippen LogP contribution in [-0.4, -0.2) is 12.2 Å². The maximum atomic E-state index is 13.3. The number of hydrogen-bond acceptors (Lipinski definition) is 2. The number of benzene rings is 2. The molecule has 1 atom stereocenters. The first-order valence-corrected chi connectivity index (χ1v) is 6.54. The molecule has 0 saturated carbocycles. The van der Waals surface area contributed by atoms with Gasteiger partial charge in [-0.1, -0.05) is 29.8 Å². The Labute approximate surface area is 118 Å². The first-order chi connectivity index (χ1) is 9.42. The monoisotopic (exact) mass is 274 g/mol. The molecule has 2 rings (SSSR count). The molecular weight excluding hydrogens is 255 g/mol. The Hall–Kier alpha value is -1.87. The van der Waals surface area contributed by atoms with E-state index in [1.807, 2.05) is 25.1 Å². The molecule has 106 valence electrons. The van der Waals surface area contributed by atoms with Crippen molar-refractivity contribution in [2.24, 2.45) is 0 Å². The molecule has 0 aliphatic carbocycles. The van der Waals surface area contributed by atoms with Crippen molar-refractivity contribution in [1.82, 2.24) is 0 Å². The van der Waals surface area contributed by atoms with Gasteiger partial charge in [-0.2, -0.15) is 0 Å². The number of methoxy groups -OCH3 is 1. The molecule has 0 aliphatic heterocycles. The Bertz CT molecular complexity index is 606.